The molecular formula is C19H26N2O3S. The molecular weight excluding hydrogens is 336 g/mol. The Morgan fingerprint density at radius 2 is 1.84 bits per heavy atom. The van der Waals surface area contributed by atoms with Gasteiger partial charge in [-0.1, -0.05) is 24.6 Å². The number of rotatable bonds is 6. The van der Waals surface area contributed by atoms with Crippen LogP contribution in [0.2, 0.25) is 0 Å². The minimum atomic E-state index is -0.366. The van der Waals surface area contributed by atoms with E-state index in [9.17, 15) is 9.59 Å². The lowest BCUT2D eigenvalue weighted by Crippen LogP contribution is -2.50. The summed E-state index contributed by atoms with van der Waals surface area (Å²) in [7, 11) is 0. The van der Waals surface area contributed by atoms with Crippen LogP contribution in [0.4, 0.5) is 4.79 Å². The van der Waals surface area contributed by atoms with Gasteiger partial charge in [-0.3, -0.25) is 0 Å². The molecule has 136 valence electrons. The summed E-state index contributed by atoms with van der Waals surface area (Å²) < 4.78 is 5.20. The first-order chi connectivity index (χ1) is 11.9. The Hall–Kier alpha value is -1.95. The number of hydrogen-bond acceptors (Lipinski definition) is 4. The summed E-state index contributed by atoms with van der Waals surface area (Å²) in [4.78, 5) is 25.5. The van der Waals surface area contributed by atoms with Gasteiger partial charge in [0.05, 0.1) is 18.2 Å². The quantitative estimate of drug-likeness (QED) is 0.599. The second kappa shape index (κ2) is 8.43. The number of amides is 2. The fourth-order valence-electron chi connectivity index (χ4n) is 3.11. The van der Waals surface area contributed by atoms with Crippen molar-refractivity contribution in [2.75, 3.05) is 12.4 Å². The van der Waals surface area contributed by atoms with Gasteiger partial charge in [0.15, 0.2) is 0 Å². The first kappa shape index (κ1) is 19.4. The molecule has 1 aliphatic rings. The third-order valence-corrected chi connectivity index (χ3v) is 5.48. The molecule has 2 rings (SSSR count). The molecule has 6 heteroatoms. The third kappa shape index (κ3) is 4.57. The van der Waals surface area contributed by atoms with Gasteiger partial charge in [0.2, 0.25) is 0 Å². The molecule has 0 bridgehead atoms. The number of ether oxygens (including phenoxy) is 1. The van der Waals surface area contributed by atoms with Gasteiger partial charge >= 0.3 is 12.0 Å². The van der Waals surface area contributed by atoms with E-state index >= 15 is 0 Å². The van der Waals surface area contributed by atoms with Crippen molar-refractivity contribution in [3.05, 3.63) is 40.1 Å². The zero-order chi connectivity index (χ0) is 18.6. The maximum Gasteiger partial charge on any atom is 0.337 e. The summed E-state index contributed by atoms with van der Waals surface area (Å²) in [5.74, 6) is 0.151. The number of aryl methyl sites for hydroxylation is 3. The lowest BCUT2D eigenvalue weighted by Gasteiger charge is -2.28. The van der Waals surface area contributed by atoms with Crippen LogP contribution < -0.4 is 10.6 Å². The molecule has 2 amide bonds. The van der Waals surface area contributed by atoms with E-state index in [1.165, 1.54) is 21.6 Å². The van der Waals surface area contributed by atoms with Crippen molar-refractivity contribution in [3.63, 3.8) is 0 Å². The van der Waals surface area contributed by atoms with Gasteiger partial charge in [-0.2, -0.15) is 0 Å². The average Bonchev–Trinajstić information content (AvgIpc) is 2.53. The van der Waals surface area contributed by atoms with Gasteiger partial charge < -0.3 is 15.4 Å². The first-order valence-electron chi connectivity index (χ1n) is 8.55. The number of thioether (sulfide) groups is 1. The van der Waals surface area contributed by atoms with E-state index in [2.05, 4.69) is 43.5 Å². The molecule has 5 nitrogen and oxygen atoms in total. The van der Waals surface area contributed by atoms with Crippen molar-refractivity contribution in [1.82, 2.24) is 10.6 Å². The molecule has 0 radical (unpaired) electrons. The molecule has 0 spiro atoms. The molecule has 1 atom stereocenters. The van der Waals surface area contributed by atoms with Crippen LogP contribution >= 0.6 is 11.8 Å². The van der Waals surface area contributed by atoms with Gasteiger partial charge in [0.1, 0.15) is 0 Å². The number of nitrogens with one attached hydrogen (secondary N) is 2. The van der Waals surface area contributed by atoms with E-state index in [0.29, 0.717) is 30.1 Å². The fourth-order valence-corrected chi connectivity index (χ4v) is 4.20. The SMILES string of the molecule is CCOC(=O)C1=C(CSc2c(C)cc(C)cc2C)NC(=O)NC1CC. The zero-order valence-corrected chi connectivity index (χ0v) is 16.3. The minimum Gasteiger partial charge on any atom is -0.463 e. The molecule has 0 saturated heterocycles. The predicted octanol–water partition coefficient (Wildman–Crippen LogP) is 3.61. The molecule has 0 saturated carbocycles. The monoisotopic (exact) mass is 362 g/mol. The van der Waals surface area contributed by atoms with Crippen LogP contribution in [0.5, 0.6) is 0 Å². The molecule has 0 aliphatic carbocycles. The standard InChI is InChI=1S/C19H26N2O3S/c1-6-14-16(18(22)24-7-2)15(21-19(23)20-14)10-25-17-12(4)8-11(3)9-13(17)5/h8-9,14H,6-7,10H2,1-5H3,(H2,20,21,23). The van der Waals surface area contributed by atoms with Crippen LogP contribution in [0.25, 0.3) is 0 Å². The highest BCUT2D eigenvalue weighted by Gasteiger charge is 2.31. The molecule has 1 aromatic carbocycles. The number of urea groups is 1. The minimum absolute atomic E-state index is 0.271. The molecule has 2 N–H and O–H groups in total. The number of hydrogen-bond donors (Lipinski definition) is 2. The Balaban J connectivity index is 2.32. The topological polar surface area (TPSA) is 67.4 Å². The number of esters is 1. The Bertz CT molecular complexity index is 690. The molecule has 1 unspecified atom stereocenters. The summed E-state index contributed by atoms with van der Waals surface area (Å²) in [5, 5.41) is 5.59. The second-order valence-corrected chi connectivity index (χ2v) is 7.17. The lowest BCUT2D eigenvalue weighted by molar-refractivity contribution is -0.139. The zero-order valence-electron chi connectivity index (χ0n) is 15.5. The van der Waals surface area contributed by atoms with Gasteiger partial charge in [0.25, 0.3) is 0 Å². The van der Waals surface area contributed by atoms with Crippen molar-refractivity contribution >= 4 is 23.8 Å². The summed E-state index contributed by atoms with van der Waals surface area (Å²) >= 11 is 1.63. The average molecular weight is 362 g/mol. The van der Waals surface area contributed by atoms with E-state index in [4.69, 9.17) is 4.74 Å². The van der Waals surface area contributed by atoms with Gasteiger partial charge in [-0.15, -0.1) is 11.8 Å². The van der Waals surface area contributed by atoms with Crippen LogP contribution in [0, 0.1) is 20.8 Å². The molecule has 0 aromatic heterocycles. The van der Waals surface area contributed by atoms with Crippen molar-refractivity contribution in [2.45, 2.75) is 52.0 Å². The Morgan fingerprint density at radius 3 is 2.40 bits per heavy atom. The van der Waals surface area contributed by atoms with Gasteiger partial charge in [-0.05, 0) is 45.2 Å². The Morgan fingerprint density at radius 1 is 1.20 bits per heavy atom. The van der Waals surface area contributed by atoms with Crippen LogP contribution in [0.3, 0.4) is 0 Å². The van der Waals surface area contributed by atoms with Crippen LogP contribution in [0.1, 0.15) is 37.0 Å². The van der Waals surface area contributed by atoms with Crippen LogP contribution in [-0.2, 0) is 9.53 Å². The van der Waals surface area contributed by atoms with E-state index in [1.807, 2.05) is 6.92 Å². The largest absolute Gasteiger partial charge is 0.463 e. The summed E-state index contributed by atoms with van der Waals surface area (Å²) in [6, 6.07) is 3.70. The molecule has 25 heavy (non-hydrogen) atoms. The van der Waals surface area contributed by atoms with Gasteiger partial charge in [-0.25, -0.2) is 9.59 Å². The lowest BCUT2D eigenvalue weighted by atomic mass is 10.0. The molecule has 1 aliphatic heterocycles. The van der Waals surface area contributed by atoms with Crippen molar-refractivity contribution in [3.8, 4) is 0 Å². The molecule has 1 heterocycles. The predicted molar refractivity (Wildman–Crippen MR) is 101 cm³/mol. The molecule has 0 fully saturated rings. The van der Waals surface area contributed by atoms with E-state index in [1.54, 1.807) is 18.7 Å². The fraction of sp³-hybridized carbons (Fsp3) is 0.474. The van der Waals surface area contributed by atoms with Crippen LogP contribution in [0.15, 0.2) is 28.3 Å². The smallest absolute Gasteiger partial charge is 0.337 e. The Kier molecular flexibility index (Phi) is 6.53. The highest BCUT2D eigenvalue weighted by atomic mass is 32.2. The highest BCUT2D eigenvalue weighted by molar-refractivity contribution is 7.99. The van der Waals surface area contributed by atoms with Crippen LogP contribution in [-0.4, -0.2) is 30.4 Å². The van der Waals surface area contributed by atoms with E-state index in [0.717, 1.165) is 0 Å². The number of carbonyl (C=O) groups is 2. The maximum absolute atomic E-state index is 12.4. The van der Waals surface area contributed by atoms with Crippen molar-refractivity contribution < 1.29 is 14.3 Å². The van der Waals surface area contributed by atoms with E-state index < -0.39 is 0 Å². The first-order valence-corrected chi connectivity index (χ1v) is 9.54. The summed E-state index contributed by atoms with van der Waals surface area (Å²) in [6.45, 7) is 10.3. The summed E-state index contributed by atoms with van der Waals surface area (Å²) in [6.07, 6.45) is 0.637. The molecule has 1 aromatic rings. The third-order valence-electron chi connectivity index (χ3n) is 4.11. The highest BCUT2D eigenvalue weighted by Crippen LogP contribution is 2.30. The second-order valence-electron chi connectivity index (χ2n) is 6.19. The number of carbonyl (C=O) groups excluding carboxylic acids is 2. The Labute approximate surface area is 153 Å². The van der Waals surface area contributed by atoms with Crippen molar-refractivity contribution in [2.24, 2.45) is 0 Å². The normalized spacial score (nSPS) is 17.2. The van der Waals surface area contributed by atoms with Gasteiger partial charge in [0, 0.05) is 16.3 Å². The summed E-state index contributed by atoms with van der Waals surface area (Å²) in [5.41, 5.74) is 4.80. The van der Waals surface area contributed by atoms with Crippen molar-refractivity contribution in [1.29, 1.82) is 0 Å². The maximum atomic E-state index is 12.4. The number of benzene rings is 1. The van der Waals surface area contributed by atoms with E-state index in [-0.39, 0.29) is 18.0 Å².